The van der Waals surface area contributed by atoms with E-state index in [2.05, 4.69) is 11.1 Å². The molecule has 0 saturated carbocycles. The molecule has 0 unspecified atom stereocenters. The van der Waals surface area contributed by atoms with Gasteiger partial charge in [-0.1, -0.05) is 18.6 Å². The van der Waals surface area contributed by atoms with E-state index in [0.717, 1.165) is 29.5 Å². The Morgan fingerprint density at radius 3 is 2.96 bits per heavy atom. The number of hydrogen-bond acceptors (Lipinski definition) is 5. The monoisotopic (exact) mass is 365 g/mol. The molecule has 0 radical (unpaired) electrons. The molecule has 2 heterocycles. The average Bonchev–Trinajstić information content (AvgIpc) is 2.86. The number of hydrogen-bond donors (Lipinski definition) is 0. The summed E-state index contributed by atoms with van der Waals surface area (Å²) in [7, 11) is 0. The Labute approximate surface area is 155 Å². The topological polar surface area (TPSA) is 67.9 Å². The van der Waals surface area contributed by atoms with Gasteiger partial charge in [-0.15, -0.1) is 11.3 Å². The molecule has 5 nitrogen and oxygen atoms in total. The predicted molar refractivity (Wildman–Crippen MR) is 102 cm³/mol. The Kier molecular flexibility index (Phi) is 4.72. The number of aromatic nitrogens is 2. The molecule has 4 rings (SSSR count). The zero-order valence-electron chi connectivity index (χ0n) is 14.4. The highest BCUT2D eigenvalue weighted by Gasteiger charge is 2.19. The second kappa shape index (κ2) is 7.30. The van der Waals surface area contributed by atoms with Gasteiger partial charge in [0.25, 0.3) is 5.56 Å². The first-order chi connectivity index (χ1) is 12.8. The van der Waals surface area contributed by atoms with E-state index in [9.17, 15) is 4.79 Å². The van der Waals surface area contributed by atoms with Crippen molar-refractivity contribution in [2.45, 2.75) is 38.6 Å². The van der Waals surface area contributed by atoms with Crippen molar-refractivity contribution >= 4 is 21.6 Å². The van der Waals surface area contributed by atoms with Crippen LogP contribution in [-0.4, -0.2) is 16.2 Å². The molecule has 0 fully saturated rings. The third-order valence-corrected chi connectivity index (χ3v) is 5.99. The smallest absolute Gasteiger partial charge is 0.262 e. The Balaban J connectivity index is 1.57. The molecule has 6 heteroatoms. The first kappa shape index (κ1) is 16.8. The molecule has 0 bridgehead atoms. The van der Waals surface area contributed by atoms with Crippen LogP contribution in [-0.2, 0) is 19.4 Å². The van der Waals surface area contributed by atoms with Gasteiger partial charge in [-0.2, -0.15) is 5.26 Å². The lowest BCUT2D eigenvalue weighted by Gasteiger charge is -2.09. The molecule has 0 N–H and O–H groups in total. The van der Waals surface area contributed by atoms with Gasteiger partial charge in [0.15, 0.2) is 0 Å². The maximum absolute atomic E-state index is 13.0. The summed E-state index contributed by atoms with van der Waals surface area (Å²) in [5.41, 5.74) is 1.73. The van der Waals surface area contributed by atoms with E-state index in [-0.39, 0.29) is 5.56 Å². The Bertz CT molecular complexity index is 1050. The van der Waals surface area contributed by atoms with Crippen LogP contribution in [0.3, 0.4) is 0 Å². The molecule has 26 heavy (non-hydrogen) atoms. The summed E-state index contributed by atoms with van der Waals surface area (Å²) in [6.45, 7) is 0.726. The minimum Gasteiger partial charge on any atom is -0.490 e. The van der Waals surface area contributed by atoms with Crippen LogP contribution in [0, 0.1) is 11.3 Å². The van der Waals surface area contributed by atoms with Crippen LogP contribution in [0.25, 0.3) is 10.2 Å². The van der Waals surface area contributed by atoms with Crippen LogP contribution >= 0.6 is 11.3 Å². The lowest BCUT2D eigenvalue weighted by Crippen LogP contribution is -2.23. The van der Waals surface area contributed by atoms with E-state index in [1.807, 2.05) is 6.07 Å². The largest absolute Gasteiger partial charge is 0.490 e. The van der Waals surface area contributed by atoms with Gasteiger partial charge in [0.05, 0.1) is 23.8 Å². The van der Waals surface area contributed by atoms with E-state index in [4.69, 9.17) is 10.00 Å². The minimum absolute atomic E-state index is 0.0200. The highest BCUT2D eigenvalue weighted by Crippen LogP contribution is 2.32. The standard InChI is InChI=1S/C20H19N3O2S/c21-12-14-6-4-5-8-16(14)25-11-10-23-13-22-19-18(20(23)24)15-7-2-1-3-9-17(15)26-19/h4-6,8,13H,1-3,7,9-11H2. The number of nitrogens with zero attached hydrogens (tertiary/aromatic N) is 3. The summed E-state index contributed by atoms with van der Waals surface area (Å²) < 4.78 is 7.33. The molecule has 1 aliphatic carbocycles. The highest BCUT2D eigenvalue weighted by molar-refractivity contribution is 7.18. The SMILES string of the molecule is N#Cc1ccccc1OCCn1cnc2sc3c(c2c1=O)CCCCC3. The second-order valence-corrected chi connectivity index (χ2v) is 7.53. The number of para-hydroxylation sites is 1. The van der Waals surface area contributed by atoms with Crippen LogP contribution < -0.4 is 10.3 Å². The van der Waals surface area contributed by atoms with Crippen molar-refractivity contribution in [2.24, 2.45) is 0 Å². The minimum atomic E-state index is 0.0200. The van der Waals surface area contributed by atoms with Crippen LogP contribution in [0.1, 0.15) is 35.3 Å². The van der Waals surface area contributed by atoms with E-state index in [0.29, 0.717) is 24.5 Å². The van der Waals surface area contributed by atoms with E-state index in [1.165, 1.54) is 23.3 Å². The van der Waals surface area contributed by atoms with Crippen molar-refractivity contribution in [2.75, 3.05) is 6.61 Å². The lowest BCUT2D eigenvalue weighted by atomic mass is 10.1. The summed E-state index contributed by atoms with van der Waals surface area (Å²) in [5.74, 6) is 0.543. The summed E-state index contributed by atoms with van der Waals surface area (Å²) >= 11 is 1.67. The van der Waals surface area contributed by atoms with Crippen LogP contribution in [0.5, 0.6) is 5.75 Å². The van der Waals surface area contributed by atoms with Crippen LogP contribution in [0.2, 0.25) is 0 Å². The predicted octanol–water partition coefficient (Wildman–Crippen LogP) is 3.68. The molecule has 1 aliphatic rings. The molecule has 132 valence electrons. The van der Waals surface area contributed by atoms with Crippen LogP contribution in [0.15, 0.2) is 35.4 Å². The van der Waals surface area contributed by atoms with Gasteiger partial charge in [-0.25, -0.2) is 4.98 Å². The van der Waals surface area contributed by atoms with E-state index in [1.54, 1.807) is 40.4 Å². The molecule has 1 aromatic carbocycles. The van der Waals surface area contributed by atoms with Gasteiger partial charge in [0.1, 0.15) is 23.3 Å². The lowest BCUT2D eigenvalue weighted by molar-refractivity contribution is 0.295. The van der Waals surface area contributed by atoms with Gasteiger partial charge in [0.2, 0.25) is 0 Å². The van der Waals surface area contributed by atoms with Gasteiger partial charge < -0.3 is 4.74 Å². The molecule has 0 saturated heterocycles. The molecule has 0 amide bonds. The number of benzene rings is 1. The fourth-order valence-electron chi connectivity index (χ4n) is 3.46. The number of aryl methyl sites for hydroxylation is 2. The Morgan fingerprint density at radius 1 is 1.23 bits per heavy atom. The first-order valence-corrected chi connectivity index (χ1v) is 9.71. The van der Waals surface area contributed by atoms with E-state index < -0.39 is 0 Å². The first-order valence-electron chi connectivity index (χ1n) is 8.89. The number of rotatable bonds is 4. The molecular formula is C20H19N3O2S. The zero-order valence-corrected chi connectivity index (χ0v) is 15.2. The molecule has 0 atom stereocenters. The highest BCUT2D eigenvalue weighted by atomic mass is 32.1. The Morgan fingerprint density at radius 2 is 2.08 bits per heavy atom. The molecule has 2 aromatic heterocycles. The van der Waals surface area contributed by atoms with Gasteiger partial charge in [-0.05, 0) is 43.4 Å². The fourth-order valence-corrected chi connectivity index (χ4v) is 4.68. The van der Waals surface area contributed by atoms with E-state index >= 15 is 0 Å². The molecule has 3 aromatic rings. The van der Waals surface area contributed by atoms with Crippen molar-refractivity contribution in [3.8, 4) is 11.8 Å². The summed E-state index contributed by atoms with van der Waals surface area (Å²) in [5, 5.41) is 9.91. The Hall–Kier alpha value is -2.65. The second-order valence-electron chi connectivity index (χ2n) is 6.44. The summed E-state index contributed by atoms with van der Waals surface area (Å²) in [6, 6.07) is 9.23. The van der Waals surface area contributed by atoms with Crippen molar-refractivity contribution in [1.29, 1.82) is 5.26 Å². The molecule has 0 aliphatic heterocycles. The summed E-state index contributed by atoms with van der Waals surface area (Å²) in [4.78, 5) is 19.7. The maximum atomic E-state index is 13.0. The fraction of sp³-hybridized carbons (Fsp3) is 0.350. The van der Waals surface area contributed by atoms with Gasteiger partial charge >= 0.3 is 0 Å². The molecule has 0 spiro atoms. The van der Waals surface area contributed by atoms with Crippen LogP contribution in [0.4, 0.5) is 0 Å². The quantitative estimate of drug-likeness (QED) is 0.662. The number of nitriles is 1. The van der Waals surface area contributed by atoms with Crippen molar-refractivity contribution in [1.82, 2.24) is 9.55 Å². The summed E-state index contributed by atoms with van der Waals surface area (Å²) in [6.07, 6.45) is 7.21. The number of thiophene rings is 1. The number of fused-ring (bicyclic) bond motifs is 3. The third-order valence-electron chi connectivity index (χ3n) is 4.79. The molecular weight excluding hydrogens is 346 g/mol. The van der Waals surface area contributed by atoms with Gasteiger partial charge in [-0.3, -0.25) is 9.36 Å². The third kappa shape index (κ3) is 3.11. The normalized spacial score (nSPS) is 13.8. The maximum Gasteiger partial charge on any atom is 0.262 e. The van der Waals surface area contributed by atoms with Crippen molar-refractivity contribution in [3.63, 3.8) is 0 Å². The average molecular weight is 365 g/mol. The van der Waals surface area contributed by atoms with Gasteiger partial charge in [0, 0.05) is 4.88 Å². The number of ether oxygens (including phenoxy) is 1. The van der Waals surface area contributed by atoms with Crippen molar-refractivity contribution < 1.29 is 4.74 Å². The zero-order chi connectivity index (χ0) is 17.9. The van der Waals surface area contributed by atoms with Crippen molar-refractivity contribution in [3.05, 3.63) is 57.0 Å².